The molecular formula is C17H30IN5. The van der Waals surface area contributed by atoms with Crippen LogP contribution in [0.2, 0.25) is 0 Å². The van der Waals surface area contributed by atoms with Gasteiger partial charge in [-0.25, -0.2) is 9.98 Å². The van der Waals surface area contributed by atoms with Crippen molar-refractivity contribution >= 4 is 35.8 Å². The van der Waals surface area contributed by atoms with Crippen LogP contribution in [0.1, 0.15) is 32.8 Å². The van der Waals surface area contributed by atoms with Gasteiger partial charge in [-0.3, -0.25) is 0 Å². The number of rotatable bonds is 4. The van der Waals surface area contributed by atoms with Gasteiger partial charge in [0.2, 0.25) is 0 Å². The molecule has 2 rings (SSSR count). The Balaban J connectivity index is 0.00000264. The second-order valence-corrected chi connectivity index (χ2v) is 6.92. The van der Waals surface area contributed by atoms with Gasteiger partial charge in [-0.2, -0.15) is 0 Å². The molecule has 1 aromatic heterocycles. The zero-order valence-electron chi connectivity index (χ0n) is 15.0. The molecule has 0 radical (unpaired) electrons. The van der Waals surface area contributed by atoms with Crippen LogP contribution in [-0.4, -0.2) is 49.6 Å². The Bertz CT molecular complexity index is 527. The lowest BCUT2D eigenvalue weighted by molar-refractivity contribution is 0.370. The summed E-state index contributed by atoms with van der Waals surface area (Å²) in [6, 6.07) is 4.13. The van der Waals surface area contributed by atoms with Gasteiger partial charge in [-0.15, -0.1) is 24.0 Å². The molecule has 0 unspecified atom stereocenters. The standard InChI is InChI=1S/C17H29N5.HI/c1-6-18-16(22-10-8-17(2,3)13-22)20-12-14-7-9-19-15(11-14)21(4)5;/h7,9,11H,6,8,10,12-13H2,1-5H3,(H,18,20);1H. The van der Waals surface area contributed by atoms with Crippen molar-refractivity contribution in [2.24, 2.45) is 10.4 Å². The summed E-state index contributed by atoms with van der Waals surface area (Å²) in [5.41, 5.74) is 1.57. The van der Waals surface area contributed by atoms with Crippen LogP contribution in [0.3, 0.4) is 0 Å². The molecule has 0 atom stereocenters. The van der Waals surface area contributed by atoms with E-state index < -0.39 is 0 Å². The van der Waals surface area contributed by atoms with E-state index in [0.29, 0.717) is 12.0 Å². The minimum absolute atomic E-state index is 0. The first-order chi connectivity index (χ1) is 10.4. The Hall–Kier alpha value is -1.05. The normalized spacial score (nSPS) is 16.9. The lowest BCUT2D eigenvalue weighted by atomic mass is 9.93. The first kappa shape index (κ1) is 20.0. The maximum Gasteiger partial charge on any atom is 0.194 e. The highest BCUT2D eigenvalue weighted by Gasteiger charge is 2.30. The lowest BCUT2D eigenvalue weighted by Crippen LogP contribution is -2.40. The third-order valence-electron chi connectivity index (χ3n) is 3.99. The molecule has 1 aromatic rings. The summed E-state index contributed by atoms with van der Waals surface area (Å²) < 4.78 is 0. The van der Waals surface area contributed by atoms with Crippen molar-refractivity contribution in [2.75, 3.05) is 38.6 Å². The van der Waals surface area contributed by atoms with Crippen molar-refractivity contribution in [1.29, 1.82) is 0 Å². The molecule has 2 heterocycles. The fourth-order valence-corrected chi connectivity index (χ4v) is 2.69. The van der Waals surface area contributed by atoms with Crippen molar-refractivity contribution in [1.82, 2.24) is 15.2 Å². The van der Waals surface area contributed by atoms with Crippen molar-refractivity contribution in [2.45, 2.75) is 33.7 Å². The van der Waals surface area contributed by atoms with E-state index >= 15 is 0 Å². The number of pyridine rings is 1. The Kier molecular flexibility index (Phi) is 7.57. The van der Waals surface area contributed by atoms with E-state index in [4.69, 9.17) is 4.99 Å². The van der Waals surface area contributed by atoms with Crippen LogP contribution in [0.25, 0.3) is 0 Å². The summed E-state index contributed by atoms with van der Waals surface area (Å²) in [4.78, 5) is 13.6. The maximum absolute atomic E-state index is 4.82. The average molecular weight is 431 g/mol. The molecule has 0 spiro atoms. The van der Waals surface area contributed by atoms with Gasteiger partial charge in [0, 0.05) is 39.9 Å². The third kappa shape index (κ3) is 5.82. The van der Waals surface area contributed by atoms with E-state index in [2.05, 4.69) is 42.0 Å². The first-order valence-corrected chi connectivity index (χ1v) is 8.07. The van der Waals surface area contributed by atoms with Crippen LogP contribution < -0.4 is 10.2 Å². The molecule has 0 saturated carbocycles. The minimum atomic E-state index is 0. The molecule has 1 N–H and O–H groups in total. The minimum Gasteiger partial charge on any atom is -0.363 e. The number of nitrogens with zero attached hydrogens (tertiary/aromatic N) is 4. The van der Waals surface area contributed by atoms with E-state index in [1.807, 2.05) is 31.3 Å². The summed E-state index contributed by atoms with van der Waals surface area (Å²) in [6.45, 7) is 10.5. The molecule has 0 bridgehead atoms. The second kappa shape index (κ2) is 8.70. The Morgan fingerprint density at radius 3 is 2.74 bits per heavy atom. The zero-order chi connectivity index (χ0) is 16.2. The van der Waals surface area contributed by atoms with E-state index in [-0.39, 0.29) is 24.0 Å². The molecule has 130 valence electrons. The number of hydrogen-bond acceptors (Lipinski definition) is 3. The van der Waals surface area contributed by atoms with Gasteiger partial charge < -0.3 is 15.1 Å². The van der Waals surface area contributed by atoms with Gasteiger partial charge in [0.25, 0.3) is 0 Å². The van der Waals surface area contributed by atoms with E-state index in [1.165, 1.54) is 12.0 Å². The highest BCUT2D eigenvalue weighted by atomic mass is 127. The predicted octanol–water partition coefficient (Wildman–Crippen LogP) is 2.96. The van der Waals surface area contributed by atoms with Gasteiger partial charge in [0.05, 0.1) is 6.54 Å². The largest absolute Gasteiger partial charge is 0.363 e. The Morgan fingerprint density at radius 1 is 1.43 bits per heavy atom. The van der Waals surface area contributed by atoms with Gasteiger partial charge in [0.15, 0.2) is 5.96 Å². The average Bonchev–Trinajstić information content (AvgIpc) is 2.84. The van der Waals surface area contributed by atoms with Gasteiger partial charge in [0.1, 0.15) is 5.82 Å². The SMILES string of the molecule is CCNC(=NCc1ccnc(N(C)C)c1)N1CCC(C)(C)C1.I. The predicted molar refractivity (Wildman–Crippen MR) is 109 cm³/mol. The number of nitrogens with one attached hydrogen (secondary N) is 1. The highest BCUT2D eigenvalue weighted by Crippen LogP contribution is 2.28. The monoisotopic (exact) mass is 431 g/mol. The van der Waals surface area contributed by atoms with Gasteiger partial charge in [-0.1, -0.05) is 13.8 Å². The molecule has 0 amide bonds. The van der Waals surface area contributed by atoms with Crippen molar-refractivity contribution in [3.8, 4) is 0 Å². The summed E-state index contributed by atoms with van der Waals surface area (Å²) in [6.07, 6.45) is 3.07. The molecule has 1 fully saturated rings. The van der Waals surface area contributed by atoms with Gasteiger partial charge in [-0.05, 0) is 36.5 Å². The number of anilines is 1. The fraction of sp³-hybridized carbons (Fsp3) is 0.647. The van der Waals surface area contributed by atoms with Gasteiger partial charge >= 0.3 is 0 Å². The Morgan fingerprint density at radius 2 is 2.17 bits per heavy atom. The van der Waals surface area contributed by atoms with Crippen LogP contribution in [-0.2, 0) is 6.54 Å². The molecule has 1 aliphatic rings. The topological polar surface area (TPSA) is 43.8 Å². The number of halogens is 1. The van der Waals surface area contributed by atoms with Crippen molar-refractivity contribution in [3.05, 3.63) is 23.9 Å². The molecule has 0 aliphatic carbocycles. The molecule has 5 nitrogen and oxygen atoms in total. The molecule has 1 aliphatic heterocycles. The van der Waals surface area contributed by atoms with E-state index in [1.54, 1.807) is 0 Å². The lowest BCUT2D eigenvalue weighted by Gasteiger charge is -2.23. The van der Waals surface area contributed by atoms with Crippen LogP contribution >= 0.6 is 24.0 Å². The van der Waals surface area contributed by atoms with Crippen LogP contribution in [0, 0.1) is 5.41 Å². The molecule has 0 aromatic carbocycles. The first-order valence-electron chi connectivity index (χ1n) is 8.07. The van der Waals surface area contributed by atoms with Crippen LogP contribution in [0.4, 0.5) is 5.82 Å². The smallest absolute Gasteiger partial charge is 0.194 e. The number of hydrogen-bond donors (Lipinski definition) is 1. The Labute approximate surface area is 157 Å². The summed E-state index contributed by atoms with van der Waals surface area (Å²) >= 11 is 0. The summed E-state index contributed by atoms with van der Waals surface area (Å²) in [5.74, 6) is 2.00. The highest BCUT2D eigenvalue weighted by molar-refractivity contribution is 14.0. The molecular weight excluding hydrogens is 401 g/mol. The van der Waals surface area contributed by atoms with E-state index in [9.17, 15) is 0 Å². The molecule has 23 heavy (non-hydrogen) atoms. The number of guanidine groups is 1. The van der Waals surface area contributed by atoms with E-state index in [0.717, 1.165) is 31.4 Å². The number of aliphatic imine (C=N–C) groups is 1. The quantitative estimate of drug-likeness (QED) is 0.453. The van der Waals surface area contributed by atoms with Crippen molar-refractivity contribution in [3.63, 3.8) is 0 Å². The summed E-state index contributed by atoms with van der Waals surface area (Å²) in [5, 5.41) is 3.42. The molecule has 1 saturated heterocycles. The second-order valence-electron chi connectivity index (χ2n) is 6.92. The fourth-order valence-electron chi connectivity index (χ4n) is 2.69. The molecule has 6 heteroatoms. The maximum atomic E-state index is 4.82. The third-order valence-corrected chi connectivity index (χ3v) is 3.99. The van der Waals surface area contributed by atoms with Crippen LogP contribution in [0.5, 0.6) is 0 Å². The van der Waals surface area contributed by atoms with Crippen molar-refractivity contribution < 1.29 is 0 Å². The van der Waals surface area contributed by atoms with Crippen LogP contribution in [0.15, 0.2) is 23.3 Å². The number of likely N-dealkylation sites (tertiary alicyclic amines) is 1. The summed E-state index contributed by atoms with van der Waals surface area (Å²) in [7, 11) is 4.01. The zero-order valence-corrected chi connectivity index (χ0v) is 17.3. The number of aromatic nitrogens is 1.